The fourth-order valence-corrected chi connectivity index (χ4v) is 3.06. The molecular formula is C23H17F4N3O3. The molecule has 10 heteroatoms. The fraction of sp³-hybridized carbons (Fsp3) is 0.130. The summed E-state index contributed by atoms with van der Waals surface area (Å²) in [7, 11) is 0. The smallest absolute Gasteiger partial charge is 0.291 e. The van der Waals surface area contributed by atoms with Crippen molar-refractivity contribution in [3.8, 4) is 5.75 Å². The average molecular weight is 459 g/mol. The highest BCUT2D eigenvalue weighted by atomic mass is 19.2. The van der Waals surface area contributed by atoms with E-state index in [2.05, 4.69) is 10.4 Å². The molecule has 33 heavy (non-hydrogen) atoms. The highest BCUT2D eigenvalue weighted by molar-refractivity contribution is 6.02. The molecule has 2 aromatic carbocycles. The van der Waals surface area contributed by atoms with Gasteiger partial charge in [0.25, 0.3) is 5.91 Å². The normalized spacial score (nSPS) is 10.9. The van der Waals surface area contributed by atoms with Crippen molar-refractivity contribution in [2.45, 2.75) is 20.1 Å². The van der Waals surface area contributed by atoms with Crippen LogP contribution in [0.25, 0.3) is 0 Å². The number of nitrogens with one attached hydrogen (secondary N) is 1. The lowest BCUT2D eigenvalue weighted by Crippen LogP contribution is -2.11. The maximum Gasteiger partial charge on any atom is 0.291 e. The summed E-state index contributed by atoms with van der Waals surface area (Å²) in [6, 6.07) is 10.8. The van der Waals surface area contributed by atoms with Gasteiger partial charge in [-0.3, -0.25) is 9.48 Å². The standard InChI is InChI=1S/C23H17F4N3O3/c1-13-3-2-4-15(7-13)32-12-16-5-6-20(33-16)23(31)29-14-9-28-30(10-14)11-17-18(24)8-19(25)22(27)21(17)26/h2-10H,11-12H2,1H3,(H,29,31). The van der Waals surface area contributed by atoms with E-state index in [-0.39, 0.29) is 24.1 Å². The van der Waals surface area contributed by atoms with Gasteiger partial charge in [0.1, 0.15) is 23.9 Å². The van der Waals surface area contributed by atoms with Crippen molar-refractivity contribution in [2.24, 2.45) is 0 Å². The highest BCUT2D eigenvalue weighted by Gasteiger charge is 2.20. The van der Waals surface area contributed by atoms with Gasteiger partial charge in [-0.2, -0.15) is 5.10 Å². The molecule has 4 rings (SSSR count). The first-order chi connectivity index (χ1) is 15.8. The first kappa shape index (κ1) is 22.1. The summed E-state index contributed by atoms with van der Waals surface area (Å²) in [6.45, 7) is 1.56. The van der Waals surface area contributed by atoms with Crippen LogP contribution >= 0.6 is 0 Å². The van der Waals surface area contributed by atoms with Crippen molar-refractivity contribution in [2.75, 3.05) is 5.32 Å². The monoisotopic (exact) mass is 459 g/mol. The van der Waals surface area contributed by atoms with Crippen molar-refractivity contribution in [1.82, 2.24) is 9.78 Å². The van der Waals surface area contributed by atoms with Crippen molar-refractivity contribution < 1.29 is 31.5 Å². The van der Waals surface area contributed by atoms with Gasteiger partial charge in [-0.1, -0.05) is 12.1 Å². The number of rotatable bonds is 7. The van der Waals surface area contributed by atoms with Crippen LogP contribution in [0.3, 0.4) is 0 Å². The zero-order chi connectivity index (χ0) is 23.5. The Kier molecular flexibility index (Phi) is 6.16. The van der Waals surface area contributed by atoms with E-state index >= 15 is 0 Å². The third-order valence-electron chi connectivity index (χ3n) is 4.68. The number of hydrogen-bond donors (Lipinski definition) is 1. The Balaban J connectivity index is 1.38. The van der Waals surface area contributed by atoms with E-state index in [1.165, 1.54) is 18.5 Å². The molecule has 0 atom stereocenters. The first-order valence-corrected chi connectivity index (χ1v) is 9.74. The molecule has 0 aliphatic rings. The zero-order valence-electron chi connectivity index (χ0n) is 17.2. The topological polar surface area (TPSA) is 69.3 Å². The fourth-order valence-electron chi connectivity index (χ4n) is 3.06. The van der Waals surface area contributed by atoms with Gasteiger partial charge in [0.05, 0.1) is 18.4 Å². The highest BCUT2D eigenvalue weighted by Crippen LogP contribution is 2.21. The summed E-state index contributed by atoms with van der Waals surface area (Å²) in [4.78, 5) is 12.4. The van der Waals surface area contributed by atoms with Gasteiger partial charge >= 0.3 is 0 Å². The number of carbonyl (C=O) groups excluding carboxylic acids is 1. The third kappa shape index (κ3) is 5.05. The molecule has 0 bridgehead atoms. The van der Waals surface area contributed by atoms with E-state index in [9.17, 15) is 22.4 Å². The van der Waals surface area contributed by atoms with E-state index in [1.54, 1.807) is 12.1 Å². The van der Waals surface area contributed by atoms with Crippen molar-refractivity contribution in [1.29, 1.82) is 0 Å². The summed E-state index contributed by atoms with van der Waals surface area (Å²) < 4.78 is 66.3. The van der Waals surface area contributed by atoms with Crippen molar-refractivity contribution in [3.05, 3.63) is 101 Å². The molecule has 0 aliphatic heterocycles. The number of anilines is 1. The molecule has 2 aromatic heterocycles. The molecule has 1 amide bonds. The molecule has 6 nitrogen and oxygen atoms in total. The molecule has 2 heterocycles. The number of furan rings is 1. The molecule has 4 aromatic rings. The molecular weight excluding hydrogens is 442 g/mol. The van der Waals surface area contributed by atoms with Crippen LogP contribution in [0.1, 0.15) is 27.4 Å². The molecule has 0 saturated heterocycles. The predicted octanol–water partition coefficient (Wildman–Crippen LogP) is 5.22. The molecule has 0 aliphatic carbocycles. The third-order valence-corrected chi connectivity index (χ3v) is 4.68. The lowest BCUT2D eigenvalue weighted by Gasteiger charge is -2.07. The number of nitrogens with zero attached hydrogens (tertiary/aromatic N) is 2. The van der Waals surface area contributed by atoms with Crippen molar-refractivity contribution >= 4 is 11.6 Å². The molecule has 0 spiro atoms. The van der Waals surface area contributed by atoms with Crippen molar-refractivity contribution in [3.63, 3.8) is 0 Å². The molecule has 0 fully saturated rings. The Labute approximate surface area is 185 Å². The average Bonchev–Trinajstić information content (AvgIpc) is 3.43. The largest absolute Gasteiger partial charge is 0.486 e. The van der Waals surface area contributed by atoms with Crippen LogP contribution in [0, 0.1) is 30.2 Å². The molecule has 0 unspecified atom stereocenters. The Morgan fingerprint density at radius 3 is 2.70 bits per heavy atom. The predicted molar refractivity (Wildman–Crippen MR) is 110 cm³/mol. The van der Waals surface area contributed by atoms with Crippen LogP contribution in [-0.2, 0) is 13.2 Å². The zero-order valence-corrected chi connectivity index (χ0v) is 17.2. The van der Waals surface area contributed by atoms with Crippen LogP contribution in [0.4, 0.5) is 23.2 Å². The number of carbonyl (C=O) groups is 1. The number of halogens is 4. The van der Waals surface area contributed by atoms with Gasteiger partial charge < -0.3 is 14.5 Å². The summed E-state index contributed by atoms with van der Waals surface area (Å²) in [5.41, 5.74) is 0.555. The second-order valence-corrected chi connectivity index (χ2v) is 7.20. The van der Waals surface area contributed by atoms with Crippen LogP contribution in [0.5, 0.6) is 5.75 Å². The number of aryl methyl sites for hydroxylation is 1. The maximum atomic E-state index is 13.9. The first-order valence-electron chi connectivity index (χ1n) is 9.74. The molecule has 170 valence electrons. The molecule has 1 N–H and O–H groups in total. The lowest BCUT2D eigenvalue weighted by molar-refractivity contribution is 0.0992. The SMILES string of the molecule is Cc1cccc(OCc2ccc(C(=O)Nc3cnn(Cc4c(F)cc(F)c(F)c4F)c3)o2)c1. The number of aromatic nitrogens is 2. The number of amides is 1. The number of hydrogen-bond acceptors (Lipinski definition) is 4. The minimum Gasteiger partial charge on any atom is -0.486 e. The number of ether oxygens (including phenoxy) is 1. The summed E-state index contributed by atoms with van der Waals surface area (Å²) in [5.74, 6) is -5.74. The van der Waals surface area contributed by atoms with Gasteiger partial charge in [0, 0.05) is 17.8 Å². The quantitative estimate of drug-likeness (QED) is 0.234. The van der Waals surface area contributed by atoms with E-state index in [4.69, 9.17) is 9.15 Å². The lowest BCUT2D eigenvalue weighted by atomic mass is 10.2. The van der Waals surface area contributed by atoms with Gasteiger partial charge in [-0.05, 0) is 36.8 Å². The van der Waals surface area contributed by atoms with Crippen LogP contribution in [-0.4, -0.2) is 15.7 Å². The Morgan fingerprint density at radius 2 is 1.91 bits per heavy atom. The second-order valence-electron chi connectivity index (χ2n) is 7.20. The molecule has 0 radical (unpaired) electrons. The Hall–Kier alpha value is -4.08. The second kappa shape index (κ2) is 9.19. The summed E-state index contributed by atoms with van der Waals surface area (Å²) in [5, 5.41) is 6.40. The van der Waals surface area contributed by atoms with E-state index in [0.717, 1.165) is 10.2 Å². The van der Waals surface area contributed by atoms with E-state index in [1.807, 2.05) is 25.1 Å². The van der Waals surface area contributed by atoms with Gasteiger partial charge in [-0.25, -0.2) is 17.6 Å². The Morgan fingerprint density at radius 1 is 1.09 bits per heavy atom. The Bertz CT molecular complexity index is 1320. The van der Waals surface area contributed by atoms with Crippen LogP contribution in [0.15, 0.2) is 59.3 Å². The minimum atomic E-state index is -1.77. The number of benzene rings is 2. The summed E-state index contributed by atoms with van der Waals surface area (Å²) in [6.07, 6.45) is 2.51. The van der Waals surface area contributed by atoms with Crippen LogP contribution in [0.2, 0.25) is 0 Å². The summed E-state index contributed by atoms with van der Waals surface area (Å²) >= 11 is 0. The van der Waals surface area contributed by atoms with E-state index < -0.39 is 41.3 Å². The van der Waals surface area contributed by atoms with Crippen LogP contribution < -0.4 is 10.1 Å². The maximum absolute atomic E-state index is 13.9. The van der Waals surface area contributed by atoms with Gasteiger partial charge in [0.2, 0.25) is 0 Å². The molecule has 0 saturated carbocycles. The van der Waals surface area contributed by atoms with Gasteiger partial charge in [0.15, 0.2) is 23.2 Å². The van der Waals surface area contributed by atoms with Gasteiger partial charge in [-0.15, -0.1) is 0 Å². The van der Waals surface area contributed by atoms with E-state index in [0.29, 0.717) is 11.5 Å². The minimum absolute atomic E-state index is 0.0169.